The molecule has 2 N–H and O–H groups in total. The van der Waals surface area contributed by atoms with Crippen LogP contribution in [0.15, 0.2) is 4.99 Å². The Bertz CT molecular complexity index is 507. The summed E-state index contributed by atoms with van der Waals surface area (Å²) in [7, 11) is 0. The van der Waals surface area contributed by atoms with Crippen molar-refractivity contribution < 1.29 is 9.59 Å². The fourth-order valence-electron chi connectivity index (χ4n) is 4.12. The zero-order valence-electron chi connectivity index (χ0n) is 11.4. The third-order valence-electron chi connectivity index (χ3n) is 5.20. The lowest BCUT2D eigenvalue weighted by Gasteiger charge is -2.27. The van der Waals surface area contributed by atoms with Crippen LogP contribution in [0.25, 0.3) is 0 Å². The second-order valence-corrected chi connectivity index (χ2v) is 7.71. The summed E-state index contributed by atoms with van der Waals surface area (Å²) in [5.74, 6) is 1.20. The molecule has 0 radical (unpaired) electrons. The third kappa shape index (κ3) is 1.80. The van der Waals surface area contributed by atoms with E-state index in [-0.39, 0.29) is 11.8 Å². The molecule has 2 saturated carbocycles. The van der Waals surface area contributed by atoms with Crippen molar-refractivity contribution in [2.45, 2.75) is 49.3 Å². The van der Waals surface area contributed by atoms with Gasteiger partial charge in [0.25, 0.3) is 5.91 Å². The fourth-order valence-corrected chi connectivity index (χ4v) is 5.34. The molecule has 1 spiro atoms. The lowest BCUT2D eigenvalue weighted by molar-refractivity contribution is -0.133. The van der Waals surface area contributed by atoms with Crippen LogP contribution in [-0.4, -0.2) is 34.3 Å². The smallest absolute Gasteiger partial charge is 0.252 e. The number of carbonyl (C=O) groups excluding carboxylic acids is 2. The maximum atomic E-state index is 12.2. The van der Waals surface area contributed by atoms with E-state index >= 15 is 0 Å². The summed E-state index contributed by atoms with van der Waals surface area (Å²) in [5.41, 5.74) is 0. The van der Waals surface area contributed by atoms with Gasteiger partial charge in [0.05, 0.1) is 6.04 Å². The van der Waals surface area contributed by atoms with Crippen LogP contribution in [0.4, 0.5) is 0 Å². The number of amides is 2. The average Bonchev–Trinajstić information content (AvgIpc) is 3.10. The van der Waals surface area contributed by atoms with Crippen molar-refractivity contribution in [3.63, 3.8) is 0 Å². The Balaban J connectivity index is 1.54. The van der Waals surface area contributed by atoms with E-state index < -0.39 is 4.75 Å². The Labute approximate surface area is 122 Å². The molecule has 108 valence electrons. The predicted octanol–water partition coefficient (Wildman–Crippen LogP) is 1.04. The van der Waals surface area contributed by atoms with Crippen molar-refractivity contribution in [2.24, 2.45) is 16.8 Å². The van der Waals surface area contributed by atoms with E-state index in [2.05, 4.69) is 10.6 Å². The third-order valence-corrected chi connectivity index (χ3v) is 6.52. The maximum absolute atomic E-state index is 12.2. The van der Waals surface area contributed by atoms with Crippen molar-refractivity contribution in [3.05, 3.63) is 0 Å². The molecule has 2 aliphatic heterocycles. The standard InChI is InChI=1S/C14H19N3O2S/c18-11-14(4-1-5-15-11)12(19)17-13(20-14)16-10-7-8-2-3-9(10)6-8/h8-10H,1-7H2,(H,15,18)(H,16,17,19)/t8?,9-,10-,14?/m1/s1. The van der Waals surface area contributed by atoms with Gasteiger partial charge in [0.2, 0.25) is 5.91 Å². The Morgan fingerprint density at radius 3 is 2.80 bits per heavy atom. The summed E-state index contributed by atoms with van der Waals surface area (Å²) in [6, 6.07) is 0.360. The van der Waals surface area contributed by atoms with Crippen LogP contribution in [0.1, 0.15) is 38.5 Å². The van der Waals surface area contributed by atoms with Gasteiger partial charge in [0, 0.05) is 6.54 Å². The van der Waals surface area contributed by atoms with Crippen LogP contribution >= 0.6 is 11.8 Å². The van der Waals surface area contributed by atoms with Crippen LogP contribution in [0.2, 0.25) is 0 Å². The minimum Gasteiger partial charge on any atom is -0.354 e. The number of hydrogen-bond donors (Lipinski definition) is 2. The van der Waals surface area contributed by atoms with E-state index in [1.807, 2.05) is 0 Å². The Hall–Kier alpha value is -1.04. The molecule has 2 unspecified atom stereocenters. The first kappa shape index (κ1) is 12.7. The number of carbonyl (C=O) groups is 2. The maximum Gasteiger partial charge on any atom is 0.252 e. The van der Waals surface area contributed by atoms with E-state index in [0.29, 0.717) is 30.1 Å². The minimum atomic E-state index is -0.950. The molecular weight excluding hydrogens is 274 g/mol. The lowest BCUT2D eigenvalue weighted by Crippen LogP contribution is -2.53. The molecule has 6 heteroatoms. The molecule has 2 amide bonds. The number of thioether (sulfide) groups is 1. The molecule has 2 aliphatic carbocycles. The molecule has 0 aromatic rings. The number of hydrogen-bond acceptors (Lipinski definition) is 4. The Morgan fingerprint density at radius 2 is 2.10 bits per heavy atom. The van der Waals surface area contributed by atoms with Gasteiger partial charge in [-0.3, -0.25) is 14.6 Å². The van der Waals surface area contributed by atoms with E-state index in [9.17, 15) is 9.59 Å². The molecule has 0 aromatic carbocycles. The number of nitrogens with one attached hydrogen (secondary N) is 2. The molecule has 4 aliphatic rings. The number of nitrogens with zero attached hydrogens (tertiary/aromatic N) is 1. The highest BCUT2D eigenvalue weighted by Crippen LogP contribution is 2.47. The van der Waals surface area contributed by atoms with Gasteiger partial charge in [-0.15, -0.1) is 0 Å². The Morgan fingerprint density at radius 1 is 1.20 bits per heavy atom. The highest BCUT2D eigenvalue weighted by atomic mass is 32.2. The van der Waals surface area contributed by atoms with E-state index in [4.69, 9.17) is 4.99 Å². The second kappa shape index (κ2) is 4.48. The van der Waals surface area contributed by atoms with Gasteiger partial charge < -0.3 is 10.6 Å². The number of piperidine rings is 1. The largest absolute Gasteiger partial charge is 0.354 e. The van der Waals surface area contributed by atoms with Gasteiger partial charge in [-0.1, -0.05) is 18.2 Å². The normalized spacial score (nSPS) is 45.2. The second-order valence-electron chi connectivity index (χ2n) is 6.42. The molecular formula is C14H19N3O2S. The molecule has 20 heavy (non-hydrogen) atoms. The first-order valence-electron chi connectivity index (χ1n) is 7.54. The van der Waals surface area contributed by atoms with Crippen LogP contribution in [0.3, 0.4) is 0 Å². The van der Waals surface area contributed by atoms with Gasteiger partial charge in [-0.05, 0) is 43.9 Å². The first-order valence-corrected chi connectivity index (χ1v) is 8.35. The van der Waals surface area contributed by atoms with Gasteiger partial charge >= 0.3 is 0 Å². The van der Waals surface area contributed by atoms with Gasteiger partial charge in [-0.2, -0.15) is 0 Å². The molecule has 2 heterocycles. The summed E-state index contributed by atoms with van der Waals surface area (Å²) in [4.78, 5) is 29.1. The van der Waals surface area contributed by atoms with Crippen molar-refractivity contribution in [2.75, 3.05) is 6.54 Å². The first-order chi connectivity index (χ1) is 9.67. The number of rotatable bonds is 1. The predicted molar refractivity (Wildman–Crippen MR) is 77.4 cm³/mol. The molecule has 2 saturated heterocycles. The van der Waals surface area contributed by atoms with Crippen LogP contribution in [0, 0.1) is 11.8 Å². The summed E-state index contributed by atoms with van der Waals surface area (Å²) >= 11 is 1.34. The molecule has 0 aromatic heterocycles. The topological polar surface area (TPSA) is 70.6 Å². The van der Waals surface area contributed by atoms with E-state index in [0.717, 1.165) is 18.8 Å². The summed E-state index contributed by atoms with van der Waals surface area (Å²) < 4.78 is -0.950. The summed E-state index contributed by atoms with van der Waals surface area (Å²) in [6.07, 6.45) is 6.54. The van der Waals surface area contributed by atoms with Crippen LogP contribution < -0.4 is 10.6 Å². The number of aliphatic imine (C=N–C) groups is 1. The zero-order valence-corrected chi connectivity index (χ0v) is 12.2. The van der Waals surface area contributed by atoms with Crippen molar-refractivity contribution in [1.82, 2.24) is 10.6 Å². The van der Waals surface area contributed by atoms with Crippen LogP contribution in [0.5, 0.6) is 0 Å². The summed E-state index contributed by atoms with van der Waals surface area (Å²) in [6.45, 7) is 0.674. The molecule has 4 atom stereocenters. The van der Waals surface area contributed by atoms with Crippen molar-refractivity contribution in [3.8, 4) is 0 Å². The van der Waals surface area contributed by atoms with Crippen LogP contribution in [-0.2, 0) is 9.59 Å². The highest BCUT2D eigenvalue weighted by molar-refractivity contribution is 8.17. The fraction of sp³-hybridized carbons (Fsp3) is 0.786. The quantitative estimate of drug-likeness (QED) is 0.710. The van der Waals surface area contributed by atoms with E-state index in [1.54, 1.807) is 0 Å². The molecule has 5 nitrogen and oxygen atoms in total. The number of amidine groups is 1. The highest BCUT2D eigenvalue weighted by Gasteiger charge is 2.54. The molecule has 2 bridgehead atoms. The van der Waals surface area contributed by atoms with Crippen molar-refractivity contribution >= 4 is 28.7 Å². The Kier molecular flexibility index (Phi) is 2.84. The van der Waals surface area contributed by atoms with E-state index in [1.165, 1.54) is 31.0 Å². The summed E-state index contributed by atoms with van der Waals surface area (Å²) in [5, 5.41) is 6.33. The zero-order chi connectivity index (χ0) is 13.7. The molecule has 4 rings (SSSR count). The van der Waals surface area contributed by atoms with Gasteiger partial charge in [0.15, 0.2) is 9.91 Å². The van der Waals surface area contributed by atoms with Gasteiger partial charge in [0.1, 0.15) is 0 Å². The number of fused-ring (bicyclic) bond motifs is 2. The monoisotopic (exact) mass is 293 g/mol. The molecule has 4 fully saturated rings. The average molecular weight is 293 g/mol. The van der Waals surface area contributed by atoms with Crippen molar-refractivity contribution in [1.29, 1.82) is 0 Å². The minimum absolute atomic E-state index is 0.149. The van der Waals surface area contributed by atoms with Gasteiger partial charge in [-0.25, -0.2) is 0 Å². The lowest BCUT2D eigenvalue weighted by atomic mass is 9.96. The SMILES string of the molecule is O=C1NCCCC12SC(=N[C@@H]1CC3CC[C@@H]1C3)NC2=O.